The first kappa shape index (κ1) is 24.4. The number of hydrogen-bond donors (Lipinski definition) is 2. The number of ether oxygens (including phenoxy) is 1. The fourth-order valence-corrected chi connectivity index (χ4v) is 4.71. The molecule has 0 bridgehead atoms. The van der Waals surface area contributed by atoms with E-state index >= 15 is 0 Å². The van der Waals surface area contributed by atoms with Gasteiger partial charge in [0.1, 0.15) is 22.4 Å². The van der Waals surface area contributed by atoms with Crippen molar-refractivity contribution in [1.82, 2.24) is 9.97 Å². The molecule has 7 nitrogen and oxygen atoms in total. The Hall–Kier alpha value is -2.68. The smallest absolute Gasteiger partial charge is 0.309 e. The summed E-state index contributed by atoms with van der Waals surface area (Å²) in [6.45, 7) is 3.11. The number of carboxylic acids is 1. The Morgan fingerprint density at radius 3 is 2.56 bits per heavy atom. The van der Waals surface area contributed by atoms with Crippen molar-refractivity contribution < 1.29 is 14.6 Å². The molecule has 0 atom stereocenters. The molecule has 1 fully saturated rings. The molecule has 1 saturated heterocycles. The number of carboxylic acid groups (broad SMARTS) is 1. The van der Waals surface area contributed by atoms with Gasteiger partial charge in [0, 0.05) is 30.6 Å². The van der Waals surface area contributed by atoms with Crippen molar-refractivity contribution in [3.8, 4) is 17.0 Å². The molecule has 1 aromatic carbocycles. The van der Waals surface area contributed by atoms with Crippen molar-refractivity contribution in [1.29, 1.82) is 0 Å². The first-order valence-corrected chi connectivity index (χ1v) is 12.2. The number of nitrogens with one attached hydrogen (secondary N) is 1. The highest BCUT2D eigenvalue weighted by Crippen LogP contribution is 2.36. The van der Waals surface area contributed by atoms with Crippen LogP contribution in [-0.2, 0) is 4.79 Å². The minimum Gasteiger partial charge on any atom is -0.497 e. The van der Waals surface area contributed by atoms with Gasteiger partial charge < -0.3 is 19.5 Å². The Labute approximate surface area is 212 Å². The average molecular weight is 519 g/mol. The van der Waals surface area contributed by atoms with E-state index < -0.39 is 11.4 Å². The minimum atomic E-state index is -0.737. The number of pyridine rings is 2. The lowest BCUT2D eigenvalue weighted by Crippen LogP contribution is -2.43. The molecule has 178 valence electrons. The zero-order valence-electron chi connectivity index (χ0n) is 18.7. The molecule has 3 aromatic rings. The van der Waals surface area contributed by atoms with Gasteiger partial charge in [0.2, 0.25) is 0 Å². The standard InChI is InChI=1S/C24H24Cl2N4O3S/c1-24(23(31)32)10-12-30(13-11-24)20-4-3-5-21(28-20)34-29-19-9-8-18(26)22(27-19)16-14-15(33-2)6-7-17(16)25/h3-9,14H,10-13H2,1-2H3,(H,27,29)(H,31,32). The number of aliphatic carboxylic acids is 1. The number of nitrogens with zero attached hydrogens (tertiary/aromatic N) is 3. The second-order valence-corrected chi connectivity index (χ2v) is 9.90. The summed E-state index contributed by atoms with van der Waals surface area (Å²) in [6.07, 6.45) is 1.17. The van der Waals surface area contributed by atoms with Crippen molar-refractivity contribution >= 4 is 52.8 Å². The largest absolute Gasteiger partial charge is 0.497 e. The summed E-state index contributed by atoms with van der Waals surface area (Å²) in [5, 5.41) is 11.2. The highest BCUT2D eigenvalue weighted by Gasteiger charge is 2.37. The monoisotopic (exact) mass is 518 g/mol. The number of carbonyl (C=O) groups is 1. The third kappa shape index (κ3) is 5.35. The van der Waals surface area contributed by atoms with Gasteiger partial charge in [-0.3, -0.25) is 4.79 Å². The molecule has 0 saturated carbocycles. The van der Waals surface area contributed by atoms with Crippen LogP contribution >= 0.6 is 35.1 Å². The summed E-state index contributed by atoms with van der Waals surface area (Å²) in [5.74, 6) is 1.35. The van der Waals surface area contributed by atoms with Crippen LogP contribution in [0, 0.1) is 5.41 Å². The van der Waals surface area contributed by atoms with Gasteiger partial charge in [0.05, 0.1) is 28.3 Å². The maximum atomic E-state index is 11.5. The van der Waals surface area contributed by atoms with Crippen LogP contribution in [0.3, 0.4) is 0 Å². The summed E-state index contributed by atoms with van der Waals surface area (Å²) in [5.41, 5.74) is 0.555. The van der Waals surface area contributed by atoms with Gasteiger partial charge in [-0.05, 0) is 62.2 Å². The van der Waals surface area contributed by atoms with Crippen LogP contribution in [0.5, 0.6) is 5.75 Å². The van der Waals surface area contributed by atoms with Crippen LogP contribution in [0.25, 0.3) is 11.3 Å². The highest BCUT2D eigenvalue weighted by atomic mass is 35.5. The lowest BCUT2D eigenvalue weighted by molar-refractivity contribution is -0.149. The molecule has 0 unspecified atom stereocenters. The fraction of sp³-hybridized carbons (Fsp3) is 0.292. The van der Waals surface area contributed by atoms with Crippen LogP contribution in [0.2, 0.25) is 10.0 Å². The van der Waals surface area contributed by atoms with Gasteiger partial charge in [0.25, 0.3) is 0 Å². The first-order chi connectivity index (χ1) is 16.3. The van der Waals surface area contributed by atoms with Crippen LogP contribution in [-0.4, -0.2) is 41.2 Å². The number of piperidine rings is 1. The number of hydrogen-bond acceptors (Lipinski definition) is 7. The van der Waals surface area contributed by atoms with Crippen LogP contribution < -0.4 is 14.4 Å². The Morgan fingerprint density at radius 2 is 1.85 bits per heavy atom. The summed E-state index contributed by atoms with van der Waals surface area (Å²) in [7, 11) is 1.59. The molecule has 1 aliphatic heterocycles. The third-order valence-corrected chi connectivity index (χ3v) is 7.33. The van der Waals surface area contributed by atoms with Crippen LogP contribution in [0.1, 0.15) is 19.8 Å². The van der Waals surface area contributed by atoms with Crippen molar-refractivity contribution in [2.45, 2.75) is 24.8 Å². The lowest BCUT2D eigenvalue weighted by atomic mass is 9.80. The van der Waals surface area contributed by atoms with Gasteiger partial charge in [-0.15, -0.1) is 0 Å². The second kappa shape index (κ2) is 10.3. The molecular formula is C24H24Cl2N4O3S. The maximum absolute atomic E-state index is 11.5. The topological polar surface area (TPSA) is 87.6 Å². The number of aromatic nitrogens is 2. The number of anilines is 2. The molecular weight excluding hydrogens is 495 g/mol. The Morgan fingerprint density at radius 1 is 1.12 bits per heavy atom. The van der Waals surface area contributed by atoms with E-state index in [1.807, 2.05) is 25.1 Å². The third-order valence-electron chi connectivity index (χ3n) is 5.95. The second-order valence-electron chi connectivity index (χ2n) is 8.26. The summed E-state index contributed by atoms with van der Waals surface area (Å²) in [6, 6.07) is 14.7. The predicted molar refractivity (Wildman–Crippen MR) is 137 cm³/mol. The van der Waals surface area contributed by atoms with Crippen molar-refractivity contribution in [2.75, 3.05) is 29.8 Å². The summed E-state index contributed by atoms with van der Waals surface area (Å²) in [4.78, 5) is 23.0. The maximum Gasteiger partial charge on any atom is 0.309 e. The van der Waals surface area contributed by atoms with Crippen molar-refractivity contribution in [2.24, 2.45) is 5.41 Å². The van der Waals surface area contributed by atoms with Crippen LogP contribution in [0.15, 0.2) is 53.6 Å². The predicted octanol–water partition coefficient (Wildman–Crippen LogP) is 6.27. The number of rotatable bonds is 7. The molecule has 1 aliphatic rings. The van der Waals surface area contributed by atoms with Gasteiger partial charge in [0.15, 0.2) is 0 Å². The Kier molecular flexibility index (Phi) is 7.40. The SMILES string of the molecule is COc1ccc(Cl)c(-c2nc(NSc3cccc(N4CCC(C)(C(=O)O)CC4)n3)ccc2Cl)c1. The first-order valence-electron chi connectivity index (χ1n) is 10.7. The summed E-state index contributed by atoms with van der Waals surface area (Å²) >= 11 is 14.1. The van der Waals surface area contributed by atoms with E-state index in [9.17, 15) is 9.90 Å². The normalized spacial score (nSPS) is 15.1. The van der Waals surface area contributed by atoms with E-state index in [1.165, 1.54) is 11.9 Å². The molecule has 4 rings (SSSR count). The van der Waals surface area contributed by atoms with Gasteiger partial charge in [-0.25, -0.2) is 9.97 Å². The number of methoxy groups -OCH3 is 1. The minimum absolute atomic E-state index is 0.476. The number of halogens is 2. The molecule has 0 amide bonds. The Bertz CT molecular complexity index is 1200. The molecule has 2 aromatic heterocycles. The quantitative estimate of drug-likeness (QED) is 0.353. The average Bonchev–Trinajstić information content (AvgIpc) is 2.84. The van der Waals surface area contributed by atoms with E-state index in [4.69, 9.17) is 32.9 Å². The Balaban J connectivity index is 1.47. The molecule has 2 N–H and O–H groups in total. The fourth-order valence-electron chi connectivity index (χ4n) is 3.69. The van der Waals surface area contributed by atoms with Crippen molar-refractivity contribution in [3.05, 3.63) is 58.6 Å². The molecule has 10 heteroatoms. The highest BCUT2D eigenvalue weighted by molar-refractivity contribution is 8.00. The van der Waals surface area contributed by atoms with E-state index in [-0.39, 0.29) is 0 Å². The van der Waals surface area contributed by atoms with E-state index in [0.717, 1.165) is 10.8 Å². The molecule has 0 aliphatic carbocycles. The molecule has 34 heavy (non-hydrogen) atoms. The molecule has 3 heterocycles. The van der Waals surface area contributed by atoms with Crippen molar-refractivity contribution in [3.63, 3.8) is 0 Å². The zero-order valence-corrected chi connectivity index (χ0v) is 21.0. The van der Waals surface area contributed by atoms with E-state index in [0.29, 0.717) is 58.8 Å². The zero-order chi connectivity index (χ0) is 24.3. The van der Waals surface area contributed by atoms with Gasteiger partial charge >= 0.3 is 5.97 Å². The van der Waals surface area contributed by atoms with Crippen LogP contribution in [0.4, 0.5) is 11.6 Å². The van der Waals surface area contributed by atoms with Gasteiger partial charge in [-0.1, -0.05) is 29.3 Å². The van der Waals surface area contributed by atoms with E-state index in [1.54, 1.807) is 37.4 Å². The molecule has 0 spiro atoms. The number of benzene rings is 1. The molecule has 0 radical (unpaired) electrons. The van der Waals surface area contributed by atoms with E-state index in [2.05, 4.69) is 14.6 Å². The van der Waals surface area contributed by atoms with Gasteiger partial charge in [-0.2, -0.15) is 0 Å². The lowest BCUT2D eigenvalue weighted by Gasteiger charge is -2.37. The summed E-state index contributed by atoms with van der Waals surface area (Å²) < 4.78 is 8.52.